The predicted molar refractivity (Wildman–Crippen MR) is 87.6 cm³/mol. The van der Waals surface area contributed by atoms with Crippen LogP contribution in [0, 0.1) is 6.92 Å². The molecule has 0 spiro atoms. The largest absolute Gasteiger partial charge is 0.362 e. The molecule has 20 heavy (non-hydrogen) atoms. The Morgan fingerprint density at radius 1 is 1.30 bits per heavy atom. The molecule has 100 valence electrons. The standard InChI is InChI=1S/C15H12N2OS2/c1-10-4-2-6-12(8-10)17-14(18)13(20-15(17)19)9-11-5-3-7-16-11/h2-9,16H,1H3/b13-9+. The molecular formula is C15H12N2OS2. The maximum Gasteiger partial charge on any atom is 0.270 e. The number of benzene rings is 1. The number of hydrogen-bond acceptors (Lipinski definition) is 3. The Bertz CT molecular complexity index is 704. The average Bonchev–Trinajstić information content (AvgIpc) is 2.99. The minimum absolute atomic E-state index is 0.0693. The number of hydrogen-bond donors (Lipinski definition) is 1. The Morgan fingerprint density at radius 3 is 2.85 bits per heavy atom. The molecule has 1 amide bonds. The highest BCUT2D eigenvalue weighted by Crippen LogP contribution is 2.35. The molecule has 2 heterocycles. The van der Waals surface area contributed by atoms with E-state index in [-0.39, 0.29) is 5.91 Å². The van der Waals surface area contributed by atoms with E-state index in [9.17, 15) is 4.79 Å². The van der Waals surface area contributed by atoms with Crippen molar-refractivity contribution in [1.29, 1.82) is 0 Å². The molecule has 3 rings (SSSR count). The molecule has 1 N–H and O–H groups in total. The Labute approximate surface area is 126 Å². The summed E-state index contributed by atoms with van der Waals surface area (Å²) in [5.74, 6) is -0.0693. The van der Waals surface area contributed by atoms with Gasteiger partial charge in [-0.25, -0.2) is 0 Å². The van der Waals surface area contributed by atoms with Gasteiger partial charge in [-0.2, -0.15) is 0 Å². The van der Waals surface area contributed by atoms with Crippen LogP contribution in [-0.4, -0.2) is 15.2 Å². The number of nitrogens with zero attached hydrogens (tertiary/aromatic N) is 1. The number of H-pyrrole nitrogens is 1. The molecule has 3 nitrogen and oxygen atoms in total. The molecular weight excluding hydrogens is 288 g/mol. The van der Waals surface area contributed by atoms with Crippen LogP contribution in [0.15, 0.2) is 47.5 Å². The Kier molecular flexibility index (Phi) is 3.46. The second-order valence-corrected chi connectivity index (χ2v) is 6.16. The van der Waals surface area contributed by atoms with E-state index < -0.39 is 0 Å². The molecule has 0 radical (unpaired) electrons. The number of carbonyl (C=O) groups excluding carboxylic acids is 1. The van der Waals surface area contributed by atoms with Gasteiger partial charge in [-0.3, -0.25) is 9.69 Å². The van der Waals surface area contributed by atoms with E-state index >= 15 is 0 Å². The lowest BCUT2D eigenvalue weighted by Gasteiger charge is -2.14. The zero-order chi connectivity index (χ0) is 14.1. The van der Waals surface area contributed by atoms with Gasteiger partial charge in [0, 0.05) is 11.9 Å². The number of thiocarbonyl (C=S) groups is 1. The lowest BCUT2D eigenvalue weighted by atomic mass is 10.2. The number of nitrogens with one attached hydrogen (secondary N) is 1. The first-order valence-corrected chi connectivity index (χ1v) is 7.35. The number of rotatable bonds is 2. The summed E-state index contributed by atoms with van der Waals surface area (Å²) in [6.45, 7) is 2.00. The Morgan fingerprint density at radius 2 is 2.15 bits per heavy atom. The topological polar surface area (TPSA) is 36.1 Å². The van der Waals surface area contributed by atoms with Crippen molar-refractivity contribution in [3.63, 3.8) is 0 Å². The maximum absolute atomic E-state index is 12.5. The van der Waals surface area contributed by atoms with Gasteiger partial charge in [0.25, 0.3) is 5.91 Å². The minimum Gasteiger partial charge on any atom is -0.362 e. The molecule has 0 aliphatic carbocycles. The number of thioether (sulfide) groups is 1. The van der Waals surface area contributed by atoms with Crippen LogP contribution in [0.25, 0.3) is 6.08 Å². The van der Waals surface area contributed by atoms with Gasteiger partial charge in [-0.1, -0.05) is 36.1 Å². The SMILES string of the molecule is Cc1cccc(N2C(=O)/C(=C\c3ccc[nH]3)SC2=S)c1. The third-order valence-electron chi connectivity index (χ3n) is 2.96. The van der Waals surface area contributed by atoms with Crippen molar-refractivity contribution in [2.45, 2.75) is 6.92 Å². The third-order valence-corrected chi connectivity index (χ3v) is 4.26. The summed E-state index contributed by atoms with van der Waals surface area (Å²) in [6.07, 6.45) is 3.65. The van der Waals surface area contributed by atoms with Crippen molar-refractivity contribution in [1.82, 2.24) is 4.98 Å². The average molecular weight is 300 g/mol. The molecule has 1 aromatic carbocycles. The molecule has 1 saturated heterocycles. The van der Waals surface area contributed by atoms with Crippen LogP contribution in [0.4, 0.5) is 5.69 Å². The first-order valence-electron chi connectivity index (χ1n) is 6.13. The van der Waals surface area contributed by atoms with Crippen molar-refractivity contribution in [3.05, 3.63) is 58.8 Å². The second kappa shape index (κ2) is 5.26. The highest BCUT2D eigenvalue weighted by Gasteiger charge is 2.33. The summed E-state index contributed by atoms with van der Waals surface area (Å²) >= 11 is 6.66. The van der Waals surface area contributed by atoms with Crippen LogP contribution in [0.5, 0.6) is 0 Å². The van der Waals surface area contributed by atoms with Gasteiger partial charge in [-0.15, -0.1) is 0 Å². The number of aromatic amines is 1. The van der Waals surface area contributed by atoms with Gasteiger partial charge in [0.2, 0.25) is 0 Å². The summed E-state index contributed by atoms with van der Waals surface area (Å²) in [7, 11) is 0. The number of amides is 1. The van der Waals surface area contributed by atoms with Crippen LogP contribution in [0.2, 0.25) is 0 Å². The number of anilines is 1. The second-order valence-electron chi connectivity index (χ2n) is 4.48. The van der Waals surface area contributed by atoms with E-state index in [0.29, 0.717) is 9.23 Å². The van der Waals surface area contributed by atoms with Gasteiger partial charge in [0.15, 0.2) is 4.32 Å². The minimum atomic E-state index is -0.0693. The first-order chi connectivity index (χ1) is 9.65. The predicted octanol–water partition coefficient (Wildman–Crippen LogP) is 3.73. The molecule has 2 aromatic rings. The number of aryl methyl sites for hydroxylation is 1. The highest BCUT2D eigenvalue weighted by atomic mass is 32.2. The smallest absolute Gasteiger partial charge is 0.270 e. The van der Waals surface area contributed by atoms with Gasteiger partial charge in [0.05, 0.1) is 10.6 Å². The molecule has 1 aliphatic rings. The zero-order valence-electron chi connectivity index (χ0n) is 10.8. The fraction of sp³-hybridized carbons (Fsp3) is 0.0667. The Hall–Kier alpha value is -1.85. The molecule has 1 aromatic heterocycles. The van der Waals surface area contributed by atoms with E-state index in [1.165, 1.54) is 11.8 Å². The maximum atomic E-state index is 12.5. The zero-order valence-corrected chi connectivity index (χ0v) is 12.4. The van der Waals surface area contributed by atoms with Gasteiger partial charge < -0.3 is 4.98 Å². The monoisotopic (exact) mass is 300 g/mol. The fourth-order valence-electron chi connectivity index (χ4n) is 2.03. The van der Waals surface area contributed by atoms with E-state index in [4.69, 9.17) is 12.2 Å². The lowest BCUT2D eigenvalue weighted by molar-refractivity contribution is -0.113. The van der Waals surface area contributed by atoms with E-state index in [2.05, 4.69) is 4.98 Å². The van der Waals surface area contributed by atoms with Crippen LogP contribution in [-0.2, 0) is 4.79 Å². The van der Waals surface area contributed by atoms with E-state index in [1.54, 1.807) is 4.90 Å². The van der Waals surface area contributed by atoms with Gasteiger partial charge in [0.1, 0.15) is 0 Å². The van der Waals surface area contributed by atoms with Crippen molar-refractivity contribution < 1.29 is 4.79 Å². The molecule has 1 fully saturated rings. The molecule has 0 bridgehead atoms. The summed E-state index contributed by atoms with van der Waals surface area (Å²) in [5.41, 5.74) is 2.82. The molecule has 1 aliphatic heterocycles. The van der Waals surface area contributed by atoms with Crippen molar-refractivity contribution in [3.8, 4) is 0 Å². The van der Waals surface area contributed by atoms with Crippen LogP contribution >= 0.6 is 24.0 Å². The molecule has 0 unspecified atom stereocenters. The quantitative estimate of drug-likeness (QED) is 0.678. The van der Waals surface area contributed by atoms with Gasteiger partial charge in [-0.05, 0) is 42.8 Å². The highest BCUT2D eigenvalue weighted by molar-refractivity contribution is 8.27. The molecule has 0 saturated carbocycles. The summed E-state index contributed by atoms with van der Waals surface area (Å²) in [4.78, 5) is 17.8. The molecule has 5 heteroatoms. The normalized spacial score (nSPS) is 17.2. The summed E-state index contributed by atoms with van der Waals surface area (Å²) in [6, 6.07) is 11.6. The van der Waals surface area contributed by atoms with Crippen molar-refractivity contribution >= 4 is 46.0 Å². The van der Waals surface area contributed by atoms with Crippen LogP contribution < -0.4 is 4.90 Å². The first kappa shape index (κ1) is 13.1. The Balaban J connectivity index is 1.95. The van der Waals surface area contributed by atoms with E-state index in [1.807, 2.05) is 55.6 Å². The van der Waals surface area contributed by atoms with Gasteiger partial charge >= 0.3 is 0 Å². The summed E-state index contributed by atoms with van der Waals surface area (Å²) in [5, 5.41) is 0. The van der Waals surface area contributed by atoms with Crippen LogP contribution in [0.3, 0.4) is 0 Å². The summed E-state index contributed by atoms with van der Waals surface area (Å²) < 4.78 is 0.568. The lowest BCUT2D eigenvalue weighted by Crippen LogP contribution is -2.27. The molecule has 0 atom stereocenters. The van der Waals surface area contributed by atoms with Crippen molar-refractivity contribution in [2.75, 3.05) is 4.90 Å². The number of carbonyl (C=O) groups is 1. The van der Waals surface area contributed by atoms with E-state index in [0.717, 1.165) is 16.9 Å². The third kappa shape index (κ3) is 2.42. The van der Waals surface area contributed by atoms with Crippen LogP contribution in [0.1, 0.15) is 11.3 Å². The van der Waals surface area contributed by atoms with Crippen molar-refractivity contribution in [2.24, 2.45) is 0 Å². The number of aromatic nitrogens is 1. The fourth-order valence-corrected chi connectivity index (χ4v) is 3.32.